The second-order valence-corrected chi connectivity index (χ2v) is 4.76. The van der Waals surface area contributed by atoms with E-state index in [4.69, 9.17) is 10.5 Å². The summed E-state index contributed by atoms with van der Waals surface area (Å²) in [4.78, 5) is 17.6. The fourth-order valence-electron chi connectivity index (χ4n) is 2.22. The number of ether oxygens (including phenoxy) is 1. The molecule has 0 aromatic carbocycles. The number of hydrogen-bond donors (Lipinski definition) is 1. The Morgan fingerprint density at radius 2 is 2.44 bits per heavy atom. The van der Waals surface area contributed by atoms with Crippen LogP contribution in [-0.4, -0.2) is 42.0 Å². The topological polar surface area (TPSA) is 68.4 Å². The summed E-state index contributed by atoms with van der Waals surface area (Å²) in [5.74, 6) is 0.137. The van der Waals surface area contributed by atoms with Crippen LogP contribution in [0.3, 0.4) is 0 Å². The third kappa shape index (κ3) is 2.79. The van der Waals surface area contributed by atoms with Gasteiger partial charge in [0, 0.05) is 6.04 Å². The number of primary amides is 1. The van der Waals surface area contributed by atoms with Gasteiger partial charge < -0.3 is 15.4 Å². The molecular formula is C13H19N3O2. The number of pyridine rings is 1. The molecule has 2 rings (SSSR count). The van der Waals surface area contributed by atoms with E-state index in [1.165, 1.54) is 6.42 Å². The lowest BCUT2D eigenvalue weighted by Gasteiger charge is -2.19. The van der Waals surface area contributed by atoms with Crippen LogP contribution in [0.15, 0.2) is 12.3 Å². The van der Waals surface area contributed by atoms with Crippen LogP contribution >= 0.6 is 0 Å². The zero-order valence-electron chi connectivity index (χ0n) is 10.8. The SMILES string of the molecule is Cc1ncc(OC[C@@H]2CCCN2C)cc1C(N)=O. The maximum Gasteiger partial charge on any atom is 0.250 e. The van der Waals surface area contributed by atoms with Crippen molar-refractivity contribution >= 4 is 5.91 Å². The maximum atomic E-state index is 11.2. The van der Waals surface area contributed by atoms with E-state index in [0.717, 1.165) is 13.0 Å². The highest BCUT2D eigenvalue weighted by Gasteiger charge is 2.21. The van der Waals surface area contributed by atoms with Gasteiger partial charge in [0.05, 0.1) is 17.5 Å². The van der Waals surface area contributed by atoms with E-state index in [9.17, 15) is 4.79 Å². The molecule has 2 N–H and O–H groups in total. The van der Waals surface area contributed by atoms with Crippen molar-refractivity contribution in [2.75, 3.05) is 20.2 Å². The summed E-state index contributed by atoms with van der Waals surface area (Å²) >= 11 is 0. The van der Waals surface area contributed by atoms with Crippen LogP contribution in [0.1, 0.15) is 28.9 Å². The van der Waals surface area contributed by atoms with Gasteiger partial charge in [-0.1, -0.05) is 0 Å². The van der Waals surface area contributed by atoms with Crippen molar-refractivity contribution < 1.29 is 9.53 Å². The minimum Gasteiger partial charge on any atom is -0.490 e. The number of nitrogens with zero attached hydrogens (tertiary/aromatic N) is 2. The first kappa shape index (κ1) is 12.8. The molecule has 5 nitrogen and oxygen atoms in total. The highest BCUT2D eigenvalue weighted by molar-refractivity contribution is 5.94. The second kappa shape index (κ2) is 5.35. The molecule has 0 spiro atoms. The Labute approximate surface area is 107 Å². The summed E-state index contributed by atoms with van der Waals surface area (Å²) in [6, 6.07) is 2.11. The van der Waals surface area contributed by atoms with E-state index in [-0.39, 0.29) is 0 Å². The minimum absolute atomic E-state index is 0.423. The number of rotatable bonds is 4. The first-order valence-corrected chi connectivity index (χ1v) is 6.17. The summed E-state index contributed by atoms with van der Waals surface area (Å²) in [7, 11) is 2.10. The molecule has 0 aliphatic carbocycles. The molecule has 18 heavy (non-hydrogen) atoms. The van der Waals surface area contributed by atoms with Gasteiger partial charge in [-0.15, -0.1) is 0 Å². The van der Waals surface area contributed by atoms with Gasteiger partial charge in [0.1, 0.15) is 12.4 Å². The summed E-state index contributed by atoms with van der Waals surface area (Å²) in [5.41, 5.74) is 6.34. The van der Waals surface area contributed by atoms with Gasteiger partial charge in [0.25, 0.3) is 5.91 Å². The standard InChI is InChI=1S/C13H19N3O2/c1-9-12(13(14)17)6-11(7-15-9)18-8-10-4-3-5-16(10)2/h6-7,10H,3-5,8H2,1-2H3,(H2,14,17)/t10-/m0/s1. The van der Waals surface area contributed by atoms with Gasteiger partial charge in [0.15, 0.2) is 0 Å². The molecule has 0 bridgehead atoms. The van der Waals surface area contributed by atoms with E-state index in [2.05, 4.69) is 16.9 Å². The van der Waals surface area contributed by atoms with Gasteiger partial charge in [-0.2, -0.15) is 0 Å². The van der Waals surface area contributed by atoms with Gasteiger partial charge in [-0.3, -0.25) is 9.78 Å². The Balaban J connectivity index is 2.01. The lowest BCUT2D eigenvalue weighted by atomic mass is 10.2. The number of carbonyl (C=O) groups is 1. The Hall–Kier alpha value is -1.62. The largest absolute Gasteiger partial charge is 0.490 e. The number of nitrogens with two attached hydrogens (primary N) is 1. The molecule has 0 unspecified atom stereocenters. The first-order chi connectivity index (χ1) is 8.58. The molecule has 0 saturated carbocycles. The Morgan fingerprint density at radius 1 is 1.67 bits per heavy atom. The molecule has 1 aliphatic rings. The van der Waals surface area contributed by atoms with Crippen LogP contribution in [0, 0.1) is 6.92 Å². The molecule has 5 heteroatoms. The molecule has 1 atom stereocenters. The highest BCUT2D eigenvalue weighted by Crippen LogP contribution is 2.18. The van der Waals surface area contributed by atoms with Crippen LogP contribution in [-0.2, 0) is 0 Å². The van der Waals surface area contributed by atoms with Crippen LogP contribution in [0.2, 0.25) is 0 Å². The fraction of sp³-hybridized carbons (Fsp3) is 0.538. The Bertz CT molecular complexity index is 448. The monoisotopic (exact) mass is 249 g/mol. The molecule has 98 valence electrons. The molecule has 1 aromatic rings. The molecule has 1 amide bonds. The number of aryl methyl sites for hydroxylation is 1. The number of aromatic nitrogens is 1. The number of hydrogen-bond acceptors (Lipinski definition) is 4. The summed E-state index contributed by atoms with van der Waals surface area (Å²) in [6.07, 6.45) is 4.00. The van der Waals surface area contributed by atoms with Gasteiger partial charge in [-0.25, -0.2) is 0 Å². The van der Waals surface area contributed by atoms with Crippen molar-refractivity contribution in [3.63, 3.8) is 0 Å². The van der Waals surface area contributed by atoms with E-state index >= 15 is 0 Å². The third-order valence-electron chi connectivity index (χ3n) is 3.44. The summed E-state index contributed by atoms with van der Waals surface area (Å²) in [5, 5.41) is 0. The van der Waals surface area contributed by atoms with Gasteiger partial charge in [0.2, 0.25) is 0 Å². The minimum atomic E-state index is -0.469. The number of likely N-dealkylation sites (N-methyl/N-ethyl adjacent to an activating group) is 1. The van der Waals surface area contributed by atoms with Gasteiger partial charge in [-0.05, 0) is 39.4 Å². The third-order valence-corrected chi connectivity index (χ3v) is 3.44. The lowest BCUT2D eigenvalue weighted by Crippen LogP contribution is -2.30. The highest BCUT2D eigenvalue weighted by atomic mass is 16.5. The first-order valence-electron chi connectivity index (χ1n) is 6.17. The average Bonchev–Trinajstić information content (AvgIpc) is 2.73. The van der Waals surface area contributed by atoms with Crippen molar-refractivity contribution in [1.29, 1.82) is 0 Å². The molecule has 2 heterocycles. The number of likely N-dealkylation sites (tertiary alicyclic amines) is 1. The van der Waals surface area contributed by atoms with E-state index in [0.29, 0.717) is 29.7 Å². The average molecular weight is 249 g/mol. The van der Waals surface area contributed by atoms with Crippen LogP contribution in [0.4, 0.5) is 0 Å². The fourth-order valence-corrected chi connectivity index (χ4v) is 2.22. The quantitative estimate of drug-likeness (QED) is 0.863. The van der Waals surface area contributed by atoms with Crippen LogP contribution < -0.4 is 10.5 Å². The summed E-state index contributed by atoms with van der Waals surface area (Å²) < 4.78 is 5.69. The van der Waals surface area contributed by atoms with E-state index in [1.54, 1.807) is 19.2 Å². The van der Waals surface area contributed by atoms with E-state index in [1.807, 2.05) is 0 Å². The Kier molecular flexibility index (Phi) is 3.81. The normalized spacial score (nSPS) is 20.0. The number of amides is 1. The zero-order chi connectivity index (χ0) is 13.1. The molecule has 0 radical (unpaired) electrons. The predicted octanol–water partition coefficient (Wildman–Crippen LogP) is 0.962. The van der Waals surface area contributed by atoms with Crippen molar-refractivity contribution in [1.82, 2.24) is 9.88 Å². The van der Waals surface area contributed by atoms with Crippen molar-refractivity contribution in [2.45, 2.75) is 25.8 Å². The molecule has 1 saturated heterocycles. The summed E-state index contributed by atoms with van der Waals surface area (Å²) in [6.45, 7) is 3.50. The zero-order valence-corrected chi connectivity index (χ0v) is 10.8. The molecule has 1 aliphatic heterocycles. The van der Waals surface area contributed by atoms with Crippen molar-refractivity contribution in [2.24, 2.45) is 5.73 Å². The van der Waals surface area contributed by atoms with Crippen LogP contribution in [0.5, 0.6) is 5.75 Å². The second-order valence-electron chi connectivity index (χ2n) is 4.76. The number of carbonyl (C=O) groups excluding carboxylic acids is 1. The molecule has 1 fully saturated rings. The van der Waals surface area contributed by atoms with Crippen molar-refractivity contribution in [3.8, 4) is 5.75 Å². The van der Waals surface area contributed by atoms with Gasteiger partial charge >= 0.3 is 0 Å². The molecule has 1 aromatic heterocycles. The van der Waals surface area contributed by atoms with Crippen LogP contribution in [0.25, 0.3) is 0 Å². The maximum absolute atomic E-state index is 11.2. The van der Waals surface area contributed by atoms with E-state index < -0.39 is 5.91 Å². The smallest absolute Gasteiger partial charge is 0.250 e. The molecular weight excluding hydrogens is 230 g/mol. The lowest BCUT2D eigenvalue weighted by molar-refractivity contribution is 0.0998. The Morgan fingerprint density at radius 3 is 3.06 bits per heavy atom. The predicted molar refractivity (Wildman–Crippen MR) is 68.6 cm³/mol. The van der Waals surface area contributed by atoms with Crippen molar-refractivity contribution in [3.05, 3.63) is 23.5 Å².